The van der Waals surface area contributed by atoms with Crippen LogP contribution in [-0.2, 0) is 29.4 Å². The molecule has 32 heavy (non-hydrogen) atoms. The number of carbonyl (C=O) groups excluding carboxylic acids is 1. The third kappa shape index (κ3) is 6.21. The average molecular weight is 488 g/mol. The molecule has 1 saturated heterocycles. The first kappa shape index (κ1) is 27.0. The lowest BCUT2D eigenvalue weighted by atomic mass is 10.2. The third-order valence-electron chi connectivity index (χ3n) is 6.58. The van der Waals surface area contributed by atoms with Gasteiger partial charge in [0.15, 0.2) is 14.2 Å². The Kier molecular flexibility index (Phi) is 9.12. The molecule has 0 spiro atoms. The Hall–Kier alpha value is -1.22. The SMILES string of the molecule is COP(=O)(OC)C(O)[C@H]1CC[C@@H](CO[Si](C)(C)C(C)(C)C)N1C(=O)OCc1ccccc1. The topological polar surface area (TPSA) is 94.5 Å². The van der Waals surface area contributed by atoms with E-state index in [0.717, 1.165) is 5.56 Å². The normalized spacial score (nSPS) is 20.9. The van der Waals surface area contributed by atoms with Gasteiger partial charge < -0.3 is 23.3 Å². The summed E-state index contributed by atoms with van der Waals surface area (Å²) < 4.78 is 34.8. The molecule has 1 N–H and O–H groups in total. The second-order valence-corrected chi connectivity index (χ2v) is 16.8. The molecule has 0 saturated carbocycles. The Balaban J connectivity index is 2.22. The highest BCUT2D eigenvalue weighted by molar-refractivity contribution is 7.54. The van der Waals surface area contributed by atoms with Crippen molar-refractivity contribution in [2.75, 3.05) is 20.8 Å². The van der Waals surface area contributed by atoms with E-state index in [0.29, 0.717) is 19.4 Å². The molecule has 0 radical (unpaired) electrons. The first-order chi connectivity index (χ1) is 14.9. The van der Waals surface area contributed by atoms with Crippen molar-refractivity contribution >= 4 is 22.0 Å². The monoisotopic (exact) mass is 487 g/mol. The van der Waals surface area contributed by atoms with Gasteiger partial charge in [0.05, 0.1) is 18.7 Å². The van der Waals surface area contributed by atoms with Crippen molar-refractivity contribution in [3.63, 3.8) is 0 Å². The number of hydrogen-bond acceptors (Lipinski definition) is 7. The van der Waals surface area contributed by atoms with Gasteiger partial charge in [-0.1, -0.05) is 51.1 Å². The molecule has 1 fully saturated rings. The Morgan fingerprint density at radius 2 is 1.78 bits per heavy atom. The van der Waals surface area contributed by atoms with Gasteiger partial charge in [-0.25, -0.2) is 4.79 Å². The zero-order valence-electron chi connectivity index (χ0n) is 20.2. The molecule has 1 aliphatic heterocycles. The van der Waals surface area contributed by atoms with Crippen LogP contribution in [0.1, 0.15) is 39.2 Å². The highest BCUT2D eigenvalue weighted by atomic mass is 31.2. The minimum absolute atomic E-state index is 0.0188. The lowest BCUT2D eigenvalue weighted by Crippen LogP contribution is -2.50. The number of hydrogen-bond donors (Lipinski definition) is 1. The van der Waals surface area contributed by atoms with E-state index in [1.807, 2.05) is 30.3 Å². The summed E-state index contributed by atoms with van der Waals surface area (Å²) in [6, 6.07) is 8.28. The van der Waals surface area contributed by atoms with Crippen LogP contribution >= 0.6 is 7.60 Å². The van der Waals surface area contributed by atoms with Crippen molar-refractivity contribution in [2.24, 2.45) is 0 Å². The number of rotatable bonds is 9. The molecule has 10 heteroatoms. The minimum Gasteiger partial charge on any atom is -0.445 e. The maximum atomic E-state index is 13.1. The zero-order chi connectivity index (χ0) is 24.2. The molecule has 0 aliphatic carbocycles. The molecule has 1 aromatic rings. The lowest BCUT2D eigenvalue weighted by Gasteiger charge is -2.39. The highest BCUT2D eigenvalue weighted by Gasteiger charge is 2.49. The van der Waals surface area contributed by atoms with Crippen LogP contribution in [0.2, 0.25) is 18.1 Å². The predicted octanol–water partition coefficient (Wildman–Crippen LogP) is 4.98. The van der Waals surface area contributed by atoms with Crippen LogP contribution in [0.4, 0.5) is 4.79 Å². The van der Waals surface area contributed by atoms with Crippen LogP contribution in [-0.4, -0.2) is 63.2 Å². The summed E-state index contributed by atoms with van der Waals surface area (Å²) in [4.78, 5) is 14.6. The van der Waals surface area contributed by atoms with Crippen molar-refractivity contribution in [3.05, 3.63) is 35.9 Å². The fraction of sp³-hybridized carbons (Fsp3) is 0.682. The molecule has 182 valence electrons. The summed E-state index contributed by atoms with van der Waals surface area (Å²) in [7, 11) is -3.42. The molecule has 1 aliphatic rings. The molecule has 0 bridgehead atoms. The molecule has 3 atom stereocenters. The largest absolute Gasteiger partial charge is 0.445 e. The number of amides is 1. The Bertz CT molecular complexity index is 791. The number of aliphatic hydroxyl groups excluding tert-OH is 1. The maximum Gasteiger partial charge on any atom is 0.410 e. The Morgan fingerprint density at radius 3 is 2.31 bits per heavy atom. The summed E-state index contributed by atoms with van der Waals surface area (Å²) in [6.07, 6.45) is 0.437. The van der Waals surface area contributed by atoms with Crippen molar-refractivity contribution in [1.29, 1.82) is 0 Å². The van der Waals surface area contributed by atoms with E-state index in [2.05, 4.69) is 33.9 Å². The van der Waals surface area contributed by atoms with Gasteiger partial charge in [-0.3, -0.25) is 9.46 Å². The van der Waals surface area contributed by atoms with Crippen molar-refractivity contribution in [1.82, 2.24) is 4.90 Å². The van der Waals surface area contributed by atoms with E-state index < -0.39 is 33.9 Å². The second-order valence-electron chi connectivity index (χ2n) is 9.64. The molecule has 1 aromatic carbocycles. The van der Waals surface area contributed by atoms with Crippen LogP contribution in [0, 0.1) is 0 Å². The van der Waals surface area contributed by atoms with E-state index in [4.69, 9.17) is 18.2 Å². The predicted molar refractivity (Wildman–Crippen MR) is 126 cm³/mol. The number of aliphatic hydroxyl groups is 1. The van der Waals surface area contributed by atoms with Crippen LogP contribution < -0.4 is 0 Å². The number of ether oxygens (including phenoxy) is 1. The second kappa shape index (κ2) is 10.8. The molecule has 8 nitrogen and oxygen atoms in total. The standard InChI is InChI=1S/C22H38NO7PSi/c1-22(2,3)32(6,7)30-16-18-13-14-19(20(24)31(26,27-4)28-5)23(18)21(25)29-15-17-11-9-8-10-12-17/h8-12,18-20,24H,13-16H2,1-7H3/t18-,19+,20?/m0/s1. The van der Waals surface area contributed by atoms with E-state index in [1.165, 1.54) is 19.1 Å². The summed E-state index contributed by atoms with van der Waals surface area (Å²) >= 11 is 0. The van der Waals surface area contributed by atoms with Gasteiger partial charge in [-0.2, -0.15) is 0 Å². The molecule has 1 unspecified atom stereocenters. The zero-order valence-corrected chi connectivity index (χ0v) is 22.1. The fourth-order valence-electron chi connectivity index (χ4n) is 3.47. The number of benzene rings is 1. The maximum absolute atomic E-state index is 13.1. The quantitative estimate of drug-likeness (QED) is 0.388. The van der Waals surface area contributed by atoms with Crippen molar-refractivity contribution in [3.8, 4) is 0 Å². The third-order valence-corrected chi connectivity index (χ3v) is 13.1. The van der Waals surface area contributed by atoms with Gasteiger partial charge in [0.25, 0.3) is 0 Å². The number of likely N-dealkylation sites (tertiary alicyclic amines) is 1. The van der Waals surface area contributed by atoms with Gasteiger partial charge in [0, 0.05) is 14.2 Å². The molecule has 2 rings (SSSR count). The van der Waals surface area contributed by atoms with Gasteiger partial charge >= 0.3 is 13.7 Å². The molecule has 1 amide bonds. The minimum atomic E-state index is -3.81. The first-order valence-corrected chi connectivity index (χ1v) is 15.4. The smallest absolute Gasteiger partial charge is 0.410 e. The van der Waals surface area contributed by atoms with E-state index in [1.54, 1.807) is 0 Å². The highest BCUT2D eigenvalue weighted by Crippen LogP contribution is 2.54. The summed E-state index contributed by atoms with van der Waals surface area (Å²) in [5.41, 5.74) is 0.852. The summed E-state index contributed by atoms with van der Waals surface area (Å²) in [5, 5.41) is 10.9. The van der Waals surface area contributed by atoms with Crippen LogP contribution in [0.3, 0.4) is 0 Å². The Morgan fingerprint density at radius 1 is 1.19 bits per heavy atom. The van der Waals surface area contributed by atoms with Crippen LogP contribution in [0.25, 0.3) is 0 Å². The van der Waals surface area contributed by atoms with Gasteiger partial charge in [-0.05, 0) is 36.5 Å². The Labute approximate surface area is 192 Å². The molecule has 1 heterocycles. The van der Waals surface area contributed by atoms with Gasteiger partial charge in [-0.15, -0.1) is 0 Å². The van der Waals surface area contributed by atoms with Gasteiger partial charge in [0.2, 0.25) is 0 Å². The average Bonchev–Trinajstić information content (AvgIpc) is 3.19. The van der Waals surface area contributed by atoms with E-state index in [9.17, 15) is 14.5 Å². The fourth-order valence-corrected chi connectivity index (χ4v) is 5.81. The summed E-state index contributed by atoms with van der Waals surface area (Å²) in [6.45, 7) is 11.2. The number of nitrogens with zero attached hydrogens (tertiary/aromatic N) is 1. The van der Waals surface area contributed by atoms with Gasteiger partial charge in [0.1, 0.15) is 6.61 Å². The van der Waals surface area contributed by atoms with E-state index in [-0.39, 0.29) is 17.7 Å². The molecular weight excluding hydrogens is 449 g/mol. The summed E-state index contributed by atoms with van der Waals surface area (Å²) in [5.74, 6) is -1.49. The van der Waals surface area contributed by atoms with Crippen LogP contribution in [0.5, 0.6) is 0 Å². The van der Waals surface area contributed by atoms with E-state index >= 15 is 0 Å². The molecular formula is C22H38NO7PSi. The first-order valence-electron chi connectivity index (χ1n) is 10.9. The molecule has 0 aromatic heterocycles. The van der Waals surface area contributed by atoms with Crippen LogP contribution in [0.15, 0.2) is 30.3 Å². The lowest BCUT2D eigenvalue weighted by molar-refractivity contribution is 0.0391. The number of carbonyl (C=O) groups is 1. The van der Waals surface area contributed by atoms with Crippen molar-refractivity contribution < 1.29 is 32.7 Å². The van der Waals surface area contributed by atoms with Crippen molar-refractivity contribution in [2.45, 2.75) is 76.3 Å².